The van der Waals surface area contributed by atoms with Crippen LogP contribution in [0.25, 0.3) is 11.1 Å². The molecule has 1 heterocycles. The molecule has 0 N–H and O–H groups in total. The summed E-state index contributed by atoms with van der Waals surface area (Å²) < 4.78 is 1.80. The van der Waals surface area contributed by atoms with Gasteiger partial charge in [-0.05, 0) is 36.1 Å². The third kappa shape index (κ3) is 2.73. The Morgan fingerprint density at radius 2 is 1.45 bits per heavy atom. The SMILES string of the molecule is Cc1cn(Cc2ccccc2)c(=O)c(C)c1-c1ccccc1. The Kier molecular flexibility index (Phi) is 3.92. The first-order valence-corrected chi connectivity index (χ1v) is 7.47. The minimum atomic E-state index is 0.0771. The summed E-state index contributed by atoms with van der Waals surface area (Å²) in [6, 6.07) is 20.2. The second-order valence-electron chi connectivity index (χ2n) is 5.60. The van der Waals surface area contributed by atoms with Gasteiger partial charge in [-0.25, -0.2) is 0 Å². The highest BCUT2D eigenvalue weighted by molar-refractivity contribution is 5.69. The van der Waals surface area contributed by atoms with E-state index in [0.29, 0.717) is 6.54 Å². The Morgan fingerprint density at radius 1 is 0.864 bits per heavy atom. The molecule has 1 aromatic heterocycles. The van der Waals surface area contributed by atoms with Gasteiger partial charge in [-0.1, -0.05) is 60.7 Å². The molecule has 0 aliphatic carbocycles. The van der Waals surface area contributed by atoms with Gasteiger partial charge in [0.1, 0.15) is 0 Å². The van der Waals surface area contributed by atoms with Crippen molar-refractivity contribution in [3.63, 3.8) is 0 Å². The molecule has 0 bridgehead atoms. The Labute approximate surface area is 130 Å². The maximum atomic E-state index is 12.7. The standard InChI is InChI=1S/C20H19NO/c1-15-13-21(14-17-9-5-3-6-10-17)20(22)16(2)19(15)18-11-7-4-8-12-18/h3-13H,14H2,1-2H3. The van der Waals surface area contributed by atoms with E-state index in [9.17, 15) is 4.79 Å². The number of aromatic nitrogens is 1. The number of aryl methyl sites for hydroxylation is 1. The topological polar surface area (TPSA) is 22.0 Å². The molecule has 0 unspecified atom stereocenters. The predicted molar refractivity (Wildman–Crippen MR) is 91.2 cm³/mol. The molecule has 2 aromatic carbocycles. The summed E-state index contributed by atoms with van der Waals surface area (Å²) in [4.78, 5) is 12.7. The van der Waals surface area contributed by atoms with Crippen LogP contribution >= 0.6 is 0 Å². The van der Waals surface area contributed by atoms with Crippen molar-refractivity contribution in [1.29, 1.82) is 0 Å². The van der Waals surface area contributed by atoms with Gasteiger partial charge in [0.05, 0.1) is 6.54 Å². The second-order valence-corrected chi connectivity index (χ2v) is 5.60. The zero-order valence-electron chi connectivity index (χ0n) is 12.9. The first-order valence-electron chi connectivity index (χ1n) is 7.47. The molecule has 0 saturated heterocycles. The maximum absolute atomic E-state index is 12.7. The van der Waals surface area contributed by atoms with Gasteiger partial charge in [-0.3, -0.25) is 4.79 Å². The second kappa shape index (κ2) is 6.02. The van der Waals surface area contributed by atoms with Gasteiger partial charge in [0.25, 0.3) is 5.56 Å². The Balaban J connectivity index is 2.08. The number of hydrogen-bond acceptors (Lipinski definition) is 1. The number of rotatable bonds is 3. The molecule has 3 rings (SSSR count). The Morgan fingerprint density at radius 3 is 2.09 bits per heavy atom. The molecule has 22 heavy (non-hydrogen) atoms. The normalized spacial score (nSPS) is 10.6. The highest BCUT2D eigenvalue weighted by atomic mass is 16.1. The van der Waals surface area contributed by atoms with Gasteiger partial charge in [-0.15, -0.1) is 0 Å². The van der Waals surface area contributed by atoms with Crippen molar-refractivity contribution >= 4 is 0 Å². The zero-order chi connectivity index (χ0) is 15.5. The van der Waals surface area contributed by atoms with Gasteiger partial charge in [0, 0.05) is 11.8 Å². The van der Waals surface area contributed by atoms with Crippen LogP contribution in [0.15, 0.2) is 71.7 Å². The number of nitrogens with zero attached hydrogens (tertiary/aromatic N) is 1. The van der Waals surface area contributed by atoms with E-state index in [4.69, 9.17) is 0 Å². The first-order chi connectivity index (χ1) is 10.7. The fourth-order valence-electron chi connectivity index (χ4n) is 2.92. The highest BCUT2D eigenvalue weighted by Crippen LogP contribution is 2.24. The van der Waals surface area contributed by atoms with Crippen LogP contribution in [0.1, 0.15) is 16.7 Å². The molecule has 2 nitrogen and oxygen atoms in total. The molecule has 0 aliphatic heterocycles. The van der Waals surface area contributed by atoms with E-state index in [1.807, 2.05) is 61.7 Å². The van der Waals surface area contributed by atoms with Crippen molar-refractivity contribution in [1.82, 2.24) is 4.57 Å². The molecule has 0 aliphatic rings. The van der Waals surface area contributed by atoms with E-state index >= 15 is 0 Å². The molecule has 0 saturated carbocycles. The third-order valence-electron chi connectivity index (χ3n) is 3.96. The van der Waals surface area contributed by atoms with E-state index in [0.717, 1.165) is 27.8 Å². The van der Waals surface area contributed by atoms with Gasteiger partial charge in [0.2, 0.25) is 0 Å². The van der Waals surface area contributed by atoms with Crippen LogP contribution in [0.5, 0.6) is 0 Å². The molecule has 0 atom stereocenters. The van der Waals surface area contributed by atoms with Crippen molar-refractivity contribution in [2.45, 2.75) is 20.4 Å². The molecule has 0 radical (unpaired) electrons. The Hall–Kier alpha value is -2.61. The van der Waals surface area contributed by atoms with E-state index in [1.165, 1.54) is 0 Å². The fourth-order valence-corrected chi connectivity index (χ4v) is 2.92. The summed E-state index contributed by atoms with van der Waals surface area (Å²) >= 11 is 0. The van der Waals surface area contributed by atoms with Gasteiger partial charge < -0.3 is 4.57 Å². The summed E-state index contributed by atoms with van der Waals surface area (Å²) in [6.45, 7) is 4.59. The molecule has 0 fully saturated rings. The highest BCUT2D eigenvalue weighted by Gasteiger charge is 2.11. The van der Waals surface area contributed by atoms with Crippen molar-refractivity contribution in [2.75, 3.05) is 0 Å². The van der Waals surface area contributed by atoms with Crippen molar-refractivity contribution < 1.29 is 0 Å². The molecule has 2 heteroatoms. The monoisotopic (exact) mass is 289 g/mol. The van der Waals surface area contributed by atoms with Crippen LogP contribution in [0.3, 0.4) is 0 Å². The van der Waals surface area contributed by atoms with E-state index in [1.54, 1.807) is 4.57 Å². The third-order valence-corrected chi connectivity index (χ3v) is 3.96. The predicted octanol–water partition coefficient (Wildman–Crippen LogP) is 4.18. The smallest absolute Gasteiger partial charge is 0.254 e. The number of benzene rings is 2. The fraction of sp³-hybridized carbons (Fsp3) is 0.150. The summed E-state index contributed by atoms with van der Waals surface area (Å²) in [6.07, 6.45) is 1.96. The molecule has 3 aromatic rings. The van der Waals surface area contributed by atoms with E-state index in [2.05, 4.69) is 19.1 Å². The quantitative estimate of drug-likeness (QED) is 0.709. The summed E-state index contributed by atoms with van der Waals surface area (Å²) in [5, 5.41) is 0. The van der Waals surface area contributed by atoms with Crippen LogP contribution in [0, 0.1) is 13.8 Å². The van der Waals surface area contributed by atoms with Crippen molar-refractivity contribution in [2.24, 2.45) is 0 Å². The lowest BCUT2D eigenvalue weighted by Gasteiger charge is -2.14. The lowest BCUT2D eigenvalue weighted by Crippen LogP contribution is -2.24. The largest absolute Gasteiger partial charge is 0.311 e. The van der Waals surface area contributed by atoms with Crippen LogP contribution in [0.2, 0.25) is 0 Å². The van der Waals surface area contributed by atoms with E-state index < -0.39 is 0 Å². The van der Waals surface area contributed by atoms with Crippen molar-refractivity contribution in [3.05, 3.63) is 93.9 Å². The average Bonchev–Trinajstić information content (AvgIpc) is 2.54. The van der Waals surface area contributed by atoms with Gasteiger partial charge >= 0.3 is 0 Å². The molecule has 0 spiro atoms. The van der Waals surface area contributed by atoms with Gasteiger partial charge in [0.15, 0.2) is 0 Å². The summed E-state index contributed by atoms with van der Waals surface area (Å²) in [5.41, 5.74) is 5.29. The maximum Gasteiger partial charge on any atom is 0.254 e. The summed E-state index contributed by atoms with van der Waals surface area (Å²) in [5.74, 6) is 0. The summed E-state index contributed by atoms with van der Waals surface area (Å²) in [7, 11) is 0. The first kappa shape index (κ1) is 14.3. The molecular weight excluding hydrogens is 270 g/mol. The van der Waals surface area contributed by atoms with Crippen LogP contribution < -0.4 is 5.56 Å². The zero-order valence-corrected chi connectivity index (χ0v) is 12.9. The molecular formula is C20H19NO. The van der Waals surface area contributed by atoms with E-state index in [-0.39, 0.29) is 5.56 Å². The lowest BCUT2D eigenvalue weighted by atomic mass is 9.98. The molecule has 110 valence electrons. The minimum absolute atomic E-state index is 0.0771. The minimum Gasteiger partial charge on any atom is -0.311 e. The number of hydrogen-bond donors (Lipinski definition) is 0. The van der Waals surface area contributed by atoms with Crippen LogP contribution in [-0.2, 0) is 6.54 Å². The lowest BCUT2D eigenvalue weighted by molar-refractivity contribution is 0.748. The van der Waals surface area contributed by atoms with Crippen molar-refractivity contribution in [3.8, 4) is 11.1 Å². The molecule has 0 amide bonds. The van der Waals surface area contributed by atoms with Crippen LogP contribution in [0.4, 0.5) is 0 Å². The average molecular weight is 289 g/mol. The van der Waals surface area contributed by atoms with Crippen LogP contribution in [-0.4, -0.2) is 4.57 Å². The Bertz CT molecular complexity index is 833. The number of pyridine rings is 1. The van der Waals surface area contributed by atoms with Gasteiger partial charge in [-0.2, -0.15) is 0 Å².